The van der Waals surface area contributed by atoms with Gasteiger partial charge in [0.2, 0.25) is 11.9 Å². The van der Waals surface area contributed by atoms with Crippen LogP contribution in [0.3, 0.4) is 0 Å². The van der Waals surface area contributed by atoms with Gasteiger partial charge in [0, 0.05) is 36.5 Å². The quantitative estimate of drug-likeness (QED) is 0.570. The van der Waals surface area contributed by atoms with Crippen LogP contribution >= 0.6 is 0 Å². The fourth-order valence-electron chi connectivity index (χ4n) is 2.57. The molecule has 0 fully saturated rings. The minimum Gasteiger partial charge on any atom is -0.354 e. The molecular formula is C21H23N5O. The second-order valence-corrected chi connectivity index (χ2v) is 6.14. The van der Waals surface area contributed by atoms with Crippen LogP contribution in [0.5, 0.6) is 0 Å². The highest BCUT2D eigenvalue weighted by Crippen LogP contribution is 2.24. The Morgan fingerprint density at radius 2 is 1.67 bits per heavy atom. The molecule has 3 aromatic rings. The van der Waals surface area contributed by atoms with E-state index in [4.69, 9.17) is 0 Å². The first kappa shape index (κ1) is 18.4. The third kappa shape index (κ3) is 5.28. The average molecular weight is 361 g/mol. The summed E-state index contributed by atoms with van der Waals surface area (Å²) < 4.78 is 0. The van der Waals surface area contributed by atoms with E-state index in [9.17, 15) is 4.79 Å². The summed E-state index contributed by atoms with van der Waals surface area (Å²) in [6.07, 6.45) is 0.992. The van der Waals surface area contributed by atoms with Crippen LogP contribution in [0.1, 0.15) is 20.3 Å². The number of anilines is 4. The lowest BCUT2D eigenvalue weighted by Gasteiger charge is -2.12. The third-order valence-corrected chi connectivity index (χ3v) is 3.81. The number of nitrogens with zero attached hydrogens (tertiary/aromatic N) is 2. The van der Waals surface area contributed by atoms with Gasteiger partial charge in [-0.05, 0) is 30.7 Å². The lowest BCUT2D eigenvalue weighted by atomic mass is 10.1. The maximum Gasteiger partial charge on any atom is 0.225 e. The van der Waals surface area contributed by atoms with Gasteiger partial charge in [-0.2, -0.15) is 4.98 Å². The van der Waals surface area contributed by atoms with Crippen molar-refractivity contribution in [3.05, 3.63) is 60.7 Å². The molecule has 1 amide bonds. The molecule has 0 saturated carbocycles. The van der Waals surface area contributed by atoms with Crippen molar-refractivity contribution in [3.8, 4) is 11.3 Å². The van der Waals surface area contributed by atoms with Crippen molar-refractivity contribution < 1.29 is 4.79 Å². The number of benzene rings is 2. The van der Waals surface area contributed by atoms with Crippen molar-refractivity contribution in [2.24, 2.45) is 0 Å². The number of aromatic nitrogens is 2. The van der Waals surface area contributed by atoms with Crippen molar-refractivity contribution in [2.45, 2.75) is 20.3 Å². The highest BCUT2D eigenvalue weighted by molar-refractivity contribution is 5.88. The van der Waals surface area contributed by atoms with Gasteiger partial charge in [0.25, 0.3) is 0 Å². The lowest BCUT2D eigenvalue weighted by molar-refractivity contribution is -0.114. The van der Waals surface area contributed by atoms with Crippen molar-refractivity contribution >= 4 is 29.0 Å². The van der Waals surface area contributed by atoms with Gasteiger partial charge in [-0.3, -0.25) is 4.79 Å². The van der Waals surface area contributed by atoms with E-state index in [0.717, 1.165) is 35.6 Å². The molecule has 2 aromatic carbocycles. The molecule has 0 aliphatic rings. The molecule has 0 aliphatic carbocycles. The first-order valence-electron chi connectivity index (χ1n) is 8.97. The first-order chi connectivity index (χ1) is 13.1. The lowest BCUT2D eigenvalue weighted by Crippen LogP contribution is -2.07. The Bertz CT molecular complexity index is 894. The van der Waals surface area contributed by atoms with Gasteiger partial charge in [0.15, 0.2) is 0 Å². The molecule has 0 aliphatic heterocycles. The summed E-state index contributed by atoms with van der Waals surface area (Å²) in [7, 11) is 0. The Labute approximate surface area is 159 Å². The number of nitrogens with one attached hydrogen (secondary N) is 3. The van der Waals surface area contributed by atoms with Gasteiger partial charge >= 0.3 is 0 Å². The molecule has 3 N–H and O–H groups in total. The summed E-state index contributed by atoms with van der Waals surface area (Å²) in [6, 6.07) is 19.4. The molecule has 3 rings (SSSR count). The van der Waals surface area contributed by atoms with Crippen LogP contribution in [0, 0.1) is 0 Å². The van der Waals surface area contributed by atoms with E-state index in [-0.39, 0.29) is 5.91 Å². The molecule has 0 saturated heterocycles. The Balaban J connectivity index is 1.86. The Hall–Kier alpha value is -3.41. The van der Waals surface area contributed by atoms with Gasteiger partial charge in [-0.1, -0.05) is 37.3 Å². The number of carbonyl (C=O) groups excluding carboxylic acids is 1. The van der Waals surface area contributed by atoms with Gasteiger partial charge in [-0.25, -0.2) is 4.98 Å². The summed E-state index contributed by atoms with van der Waals surface area (Å²) >= 11 is 0. The molecule has 1 heterocycles. The molecule has 0 unspecified atom stereocenters. The van der Waals surface area contributed by atoms with Crippen LogP contribution in [-0.2, 0) is 4.79 Å². The average Bonchev–Trinajstić information content (AvgIpc) is 2.68. The smallest absolute Gasteiger partial charge is 0.225 e. The summed E-state index contributed by atoms with van der Waals surface area (Å²) in [6.45, 7) is 4.40. The van der Waals surface area contributed by atoms with Crippen LogP contribution in [0.25, 0.3) is 11.3 Å². The topological polar surface area (TPSA) is 78.9 Å². The van der Waals surface area contributed by atoms with Gasteiger partial charge < -0.3 is 16.0 Å². The molecular weight excluding hydrogens is 338 g/mol. The van der Waals surface area contributed by atoms with Gasteiger partial charge in [0.1, 0.15) is 5.82 Å². The molecule has 0 bridgehead atoms. The fraction of sp³-hybridized carbons (Fsp3) is 0.190. The molecule has 6 heteroatoms. The Morgan fingerprint density at radius 1 is 0.963 bits per heavy atom. The van der Waals surface area contributed by atoms with E-state index < -0.39 is 0 Å². The summed E-state index contributed by atoms with van der Waals surface area (Å²) in [5, 5.41) is 9.32. The summed E-state index contributed by atoms with van der Waals surface area (Å²) in [4.78, 5) is 20.3. The summed E-state index contributed by atoms with van der Waals surface area (Å²) in [5.74, 6) is 1.20. The highest BCUT2D eigenvalue weighted by Gasteiger charge is 2.07. The molecule has 0 radical (unpaired) electrons. The van der Waals surface area contributed by atoms with Crippen molar-refractivity contribution in [1.82, 2.24) is 9.97 Å². The van der Waals surface area contributed by atoms with Gasteiger partial charge in [-0.15, -0.1) is 0 Å². The molecule has 0 spiro atoms. The van der Waals surface area contributed by atoms with Crippen LogP contribution in [-0.4, -0.2) is 22.4 Å². The highest BCUT2D eigenvalue weighted by atomic mass is 16.1. The Morgan fingerprint density at radius 3 is 2.33 bits per heavy atom. The van der Waals surface area contributed by atoms with E-state index in [1.165, 1.54) is 6.92 Å². The number of carbonyl (C=O) groups is 1. The predicted molar refractivity (Wildman–Crippen MR) is 110 cm³/mol. The minimum atomic E-state index is -0.0920. The minimum absolute atomic E-state index is 0.0920. The number of hydrogen-bond donors (Lipinski definition) is 3. The van der Waals surface area contributed by atoms with Gasteiger partial charge in [0.05, 0.1) is 5.69 Å². The van der Waals surface area contributed by atoms with E-state index >= 15 is 0 Å². The normalized spacial score (nSPS) is 10.3. The standard InChI is InChI=1S/C21H23N5O/c1-3-13-22-21-25-19(16-7-5-4-6-8-16)14-20(26-21)24-18-11-9-17(10-12-18)23-15(2)27/h4-12,14H,3,13H2,1-2H3,(H,23,27)(H2,22,24,25,26). The second kappa shape index (κ2) is 8.80. The maximum absolute atomic E-state index is 11.1. The van der Waals surface area contributed by atoms with Crippen molar-refractivity contribution in [3.63, 3.8) is 0 Å². The zero-order valence-corrected chi connectivity index (χ0v) is 15.5. The molecule has 27 heavy (non-hydrogen) atoms. The molecule has 138 valence electrons. The zero-order valence-electron chi connectivity index (χ0n) is 15.5. The number of rotatable bonds is 7. The second-order valence-electron chi connectivity index (χ2n) is 6.14. The van der Waals surface area contributed by atoms with Crippen LogP contribution in [0.2, 0.25) is 0 Å². The van der Waals surface area contributed by atoms with Crippen molar-refractivity contribution in [2.75, 3.05) is 22.5 Å². The van der Waals surface area contributed by atoms with E-state index in [0.29, 0.717) is 11.8 Å². The molecule has 0 atom stereocenters. The van der Waals surface area contributed by atoms with E-state index in [1.807, 2.05) is 60.7 Å². The number of hydrogen-bond acceptors (Lipinski definition) is 5. The van der Waals surface area contributed by atoms with Crippen molar-refractivity contribution in [1.29, 1.82) is 0 Å². The molecule has 1 aromatic heterocycles. The van der Waals surface area contributed by atoms with E-state index in [2.05, 4.69) is 32.8 Å². The molecule has 6 nitrogen and oxygen atoms in total. The predicted octanol–water partition coefficient (Wildman–Crippen LogP) is 4.67. The summed E-state index contributed by atoms with van der Waals surface area (Å²) in [5.41, 5.74) is 3.51. The fourth-order valence-corrected chi connectivity index (χ4v) is 2.57. The number of amides is 1. The zero-order chi connectivity index (χ0) is 19.1. The maximum atomic E-state index is 11.1. The third-order valence-electron chi connectivity index (χ3n) is 3.81. The van der Waals surface area contributed by atoms with Crippen LogP contribution in [0.4, 0.5) is 23.1 Å². The first-order valence-corrected chi connectivity index (χ1v) is 8.97. The van der Waals surface area contributed by atoms with Crippen LogP contribution in [0.15, 0.2) is 60.7 Å². The monoisotopic (exact) mass is 361 g/mol. The largest absolute Gasteiger partial charge is 0.354 e. The van der Waals surface area contributed by atoms with E-state index in [1.54, 1.807) is 0 Å². The SMILES string of the molecule is CCCNc1nc(Nc2ccc(NC(C)=O)cc2)cc(-c2ccccc2)n1. The van der Waals surface area contributed by atoms with Crippen LogP contribution < -0.4 is 16.0 Å². The Kier molecular flexibility index (Phi) is 5.99.